The maximum atomic E-state index is 8.02. The third-order valence-corrected chi connectivity index (χ3v) is 0.561. The lowest BCUT2D eigenvalue weighted by Gasteiger charge is -1.75. The van der Waals surface area contributed by atoms with E-state index in [2.05, 4.69) is 6.92 Å². The van der Waals surface area contributed by atoms with Crippen molar-refractivity contribution < 1.29 is 5.11 Å². The lowest BCUT2D eigenvalue weighted by Crippen LogP contribution is -1.57. The van der Waals surface area contributed by atoms with E-state index in [1.807, 2.05) is 0 Å². The first-order valence-corrected chi connectivity index (χ1v) is 2.21. The summed E-state index contributed by atoms with van der Waals surface area (Å²) in [5.41, 5.74) is 0. The molecule has 0 aromatic rings. The minimum absolute atomic E-state index is 0. The Labute approximate surface area is 45.7 Å². The summed E-state index contributed by atoms with van der Waals surface area (Å²) < 4.78 is 0. The van der Waals surface area contributed by atoms with Crippen LogP contribution in [0.15, 0.2) is 12.3 Å². The van der Waals surface area contributed by atoms with Gasteiger partial charge in [-0.15, -0.1) is 0 Å². The van der Waals surface area contributed by atoms with Crippen LogP contribution in [0.5, 0.6) is 0 Å². The first-order valence-electron chi connectivity index (χ1n) is 2.21. The van der Waals surface area contributed by atoms with Gasteiger partial charge in [-0.25, -0.2) is 0 Å². The molecule has 0 amide bonds. The smallest absolute Gasteiger partial charge is 0.0751 e. The van der Waals surface area contributed by atoms with Crippen LogP contribution < -0.4 is 0 Å². The predicted octanol–water partition coefficient (Wildman–Crippen LogP) is 1.94. The van der Waals surface area contributed by atoms with E-state index >= 15 is 0 Å². The molecule has 1 N–H and O–H groups in total. The Bertz CT molecular complexity index is 39.4. The summed E-state index contributed by atoms with van der Waals surface area (Å²) in [5, 5.41) is 8.02. The molecule has 0 aliphatic heterocycles. The third-order valence-electron chi connectivity index (χ3n) is 0.561. The minimum atomic E-state index is 0. The molecule has 40 valence electrons. The number of rotatable bonds is 2. The fourth-order valence-electron chi connectivity index (χ4n) is 0.241. The van der Waals surface area contributed by atoms with Gasteiger partial charge in [-0.1, -0.05) is 19.4 Å². The summed E-state index contributed by atoms with van der Waals surface area (Å²) in [6.07, 6.45) is 4.91. The highest BCUT2D eigenvalue weighted by molar-refractivity contribution is 4.69. The summed E-state index contributed by atoms with van der Waals surface area (Å²) in [7, 11) is 0. The molecular weight excluding hydrogens is 88.1 g/mol. The molecule has 7 heavy (non-hydrogen) atoms. The fraction of sp³-hybridized carbons (Fsp3) is 0.500. The molecule has 0 spiro atoms. The van der Waals surface area contributed by atoms with E-state index < -0.39 is 0 Å². The Balaban J connectivity index is 0. The molecule has 0 bridgehead atoms. The summed E-state index contributed by atoms with van der Waals surface area (Å²) >= 11 is 0. The van der Waals surface area contributed by atoms with Crippen molar-refractivity contribution in [1.82, 2.24) is 0 Å². The SMILES string of the molecule is CCCC=CO.[C]. The Morgan fingerprint density at radius 2 is 2.14 bits per heavy atom. The van der Waals surface area contributed by atoms with Crippen molar-refractivity contribution in [2.24, 2.45) is 0 Å². The highest BCUT2D eigenvalue weighted by Crippen LogP contribution is 1.84. The molecule has 4 radical (unpaired) electrons. The van der Waals surface area contributed by atoms with E-state index in [9.17, 15) is 0 Å². The molecule has 0 aromatic heterocycles. The van der Waals surface area contributed by atoms with Crippen LogP contribution in [0.3, 0.4) is 0 Å². The van der Waals surface area contributed by atoms with Crippen LogP contribution in [-0.2, 0) is 0 Å². The highest BCUT2D eigenvalue weighted by Gasteiger charge is 1.66. The molecule has 0 rings (SSSR count). The van der Waals surface area contributed by atoms with Gasteiger partial charge in [-0.3, -0.25) is 0 Å². The quantitative estimate of drug-likeness (QED) is 0.523. The van der Waals surface area contributed by atoms with Crippen LogP contribution in [0.1, 0.15) is 19.8 Å². The molecule has 1 nitrogen and oxygen atoms in total. The minimum Gasteiger partial charge on any atom is -0.516 e. The Kier molecular flexibility index (Phi) is 12.7. The topological polar surface area (TPSA) is 20.2 Å². The summed E-state index contributed by atoms with van der Waals surface area (Å²) in [6.45, 7) is 2.07. The zero-order valence-corrected chi connectivity index (χ0v) is 4.52. The first-order chi connectivity index (χ1) is 2.91. The molecule has 0 heterocycles. The van der Waals surface area contributed by atoms with Crippen LogP contribution in [-0.4, -0.2) is 5.11 Å². The van der Waals surface area contributed by atoms with Crippen molar-refractivity contribution >= 4 is 0 Å². The van der Waals surface area contributed by atoms with Gasteiger partial charge < -0.3 is 5.11 Å². The molecule has 0 aliphatic rings. The standard InChI is InChI=1S/C5H10O.C/c1-2-3-4-5-6;/h4-6H,2-3H2,1H3;. The van der Waals surface area contributed by atoms with Crippen LogP contribution in [0.4, 0.5) is 0 Å². The van der Waals surface area contributed by atoms with Crippen LogP contribution in [0, 0.1) is 7.43 Å². The zero-order chi connectivity index (χ0) is 4.83. The van der Waals surface area contributed by atoms with Gasteiger partial charge in [0.25, 0.3) is 0 Å². The van der Waals surface area contributed by atoms with Gasteiger partial charge in [0.2, 0.25) is 0 Å². The van der Waals surface area contributed by atoms with Crippen LogP contribution in [0.2, 0.25) is 0 Å². The fourth-order valence-corrected chi connectivity index (χ4v) is 0.241. The second-order valence-electron chi connectivity index (χ2n) is 1.17. The lowest BCUT2D eigenvalue weighted by molar-refractivity contribution is 0.470. The molecule has 0 aliphatic carbocycles. The van der Waals surface area contributed by atoms with Gasteiger partial charge in [-0.2, -0.15) is 0 Å². The Morgan fingerprint density at radius 3 is 2.29 bits per heavy atom. The van der Waals surface area contributed by atoms with Gasteiger partial charge in [0, 0.05) is 7.43 Å². The van der Waals surface area contributed by atoms with Gasteiger partial charge in [0.1, 0.15) is 0 Å². The molecule has 0 fully saturated rings. The van der Waals surface area contributed by atoms with Crippen molar-refractivity contribution in [2.75, 3.05) is 0 Å². The number of aliphatic hydroxyl groups is 1. The molecule has 0 atom stereocenters. The monoisotopic (exact) mass is 98.1 g/mol. The number of allylic oxidation sites excluding steroid dienone is 1. The molecule has 0 saturated heterocycles. The van der Waals surface area contributed by atoms with Gasteiger partial charge in [0.05, 0.1) is 6.26 Å². The summed E-state index contributed by atoms with van der Waals surface area (Å²) in [6, 6.07) is 0. The molecule has 0 unspecified atom stereocenters. The molecule has 0 aromatic carbocycles. The third kappa shape index (κ3) is 10.8. The second kappa shape index (κ2) is 9.11. The first kappa shape index (κ1) is 9.74. The van der Waals surface area contributed by atoms with E-state index in [1.165, 1.54) is 0 Å². The van der Waals surface area contributed by atoms with Crippen LogP contribution >= 0.6 is 0 Å². The molecule has 1 heteroatoms. The number of hydrogen-bond acceptors (Lipinski definition) is 1. The van der Waals surface area contributed by atoms with Crippen LogP contribution in [0.25, 0.3) is 0 Å². The maximum absolute atomic E-state index is 8.02. The van der Waals surface area contributed by atoms with Gasteiger partial charge in [0.15, 0.2) is 0 Å². The Hall–Kier alpha value is -0.460. The summed E-state index contributed by atoms with van der Waals surface area (Å²) in [4.78, 5) is 0. The lowest BCUT2D eigenvalue weighted by atomic mass is 10.3. The highest BCUT2D eigenvalue weighted by atomic mass is 16.2. The van der Waals surface area contributed by atoms with Crippen molar-refractivity contribution in [1.29, 1.82) is 0 Å². The van der Waals surface area contributed by atoms with Gasteiger partial charge in [-0.05, 0) is 6.42 Å². The molecular formula is C6H10O. The van der Waals surface area contributed by atoms with Crippen molar-refractivity contribution in [3.63, 3.8) is 0 Å². The van der Waals surface area contributed by atoms with Crippen molar-refractivity contribution in [2.45, 2.75) is 19.8 Å². The predicted molar refractivity (Wildman–Crippen MR) is 29.9 cm³/mol. The number of hydrogen-bond donors (Lipinski definition) is 1. The van der Waals surface area contributed by atoms with E-state index in [-0.39, 0.29) is 7.43 Å². The number of aliphatic hydroxyl groups excluding tert-OH is 1. The largest absolute Gasteiger partial charge is 0.516 e. The average molecular weight is 98.1 g/mol. The van der Waals surface area contributed by atoms with Crippen molar-refractivity contribution in [3.05, 3.63) is 19.8 Å². The van der Waals surface area contributed by atoms with E-state index in [0.29, 0.717) is 0 Å². The van der Waals surface area contributed by atoms with E-state index in [0.717, 1.165) is 19.1 Å². The second-order valence-corrected chi connectivity index (χ2v) is 1.17. The van der Waals surface area contributed by atoms with Crippen molar-refractivity contribution in [3.8, 4) is 0 Å². The van der Waals surface area contributed by atoms with E-state index in [4.69, 9.17) is 5.11 Å². The number of unbranched alkanes of at least 4 members (excludes halogenated alkanes) is 1. The Morgan fingerprint density at radius 1 is 1.57 bits per heavy atom. The van der Waals surface area contributed by atoms with E-state index in [1.54, 1.807) is 6.08 Å². The maximum Gasteiger partial charge on any atom is 0.0751 e. The summed E-state index contributed by atoms with van der Waals surface area (Å²) in [5.74, 6) is 0. The van der Waals surface area contributed by atoms with Gasteiger partial charge >= 0.3 is 0 Å². The zero-order valence-electron chi connectivity index (χ0n) is 4.52. The average Bonchev–Trinajstić information content (AvgIpc) is 1.61. The molecule has 0 saturated carbocycles. The normalized spacial score (nSPS) is 8.71.